The molecule has 8 heteroatoms. The summed E-state index contributed by atoms with van der Waals surface area (Å²) >= 11 is 0. The van der Waals surface area contributed by atoms with Gasteiger partial charge >= 0.3 is 0 Å². The molecule has 0 aliphatic carbocycles. The number of aliphatic hydroxyl groups is 1. The van der Waals surface area contributed by atoms with Gasteiger partial charge < -0.3 is 10.1 Å². The topological polar surface area (TPSA) is 108 Å². The number of fused-ring (bicyclic) bond motifs is 2. The van der Waals surface area contributed by atoms with Crippen molar-refractivity contribution < 1.29 is 14.5 Å². The standard InChI is InChI=1S/C18H13N5O3/c1-9-16(10-2-4-13-15(6-10)22-26-21-13)23(18(25)17(9)24)11-3-5-12-14(7-11)20-8-19-12/h2-8,16,24H,1H3,(H,19,20). The minimum atomic E-state index is -0.444. The van der Waals surface area contributed by atoms with Crippen LogP contribution in [0.3, 0.4) is 0 Å². The SMILES string of the molecule is CC1=C(O)C(=O)N(c2ccc3[nH]cnc3c2)C1c1ccc2nonc2c1. The van der Waals surface area contributed by atoms with E-state index in [-0.39, 0.29) is 5.76 Å². The van der Waals surface area contributed by atoms with Gasteiger partial charge in [0.2, 0.25) is 0 Å². The first-order valence-electron chi connectivity index (χ1n) is 8.02. The molecule has 1 aliphatic rings. The highest BCUT2D eigenvalue weighted by molar-refractivity contribution is 6.09. The molecule has 1 atom stereocenters. The smallest absolute Gasteiger partial charge is 0.293 e. The molecule has 5 rings (SSSR count). The number of hydrogen-bond donors (Lipinski definition) is 2. The quantitative estimate of drug-likeness (QED) is 0.577. The van der Waals surface area contributed by atoms with Crippen LogP contribution in [0.25, 0.3) is 22.1 Å². The van der Waals surface area contributed by atoms with Crippen LogP contribution in [-0.2, 0) is 4.79 Å². The van der Waals surface area contributed by atoms with Gasteiger partial charge in [0.1, 0.15) is 11.0 Å². The van der Waals surface area contributed by atoms with Crippen LogP contribution in [0.2, 0.25) is 0 Å². The summed E-state index contributed by atoms with van der Waals surface area (Å²) in [5.41, 5.74) is 4.89. The van der Waals surface area contributed by atoms with Crippen molar-refractivity contribution in [3.8, 4) is 0 Å². The Labute approximate surface area is 146 Å². The number of aliphatic hydroxyl groups excluding tert-OH is 1. The third kappa shape index (κ3) is 1.95. The van der Waals surface area contributed by atoms with Gasteiger partial charge in [0.25, 0.3) is 5.91 Å². The number of nitrogens with zero attached hydrogens (tertiary/aromatic N) is 4. The lowest BCUT2D eigenvalue weighted by molar-refractivity contribution is -0.117. The Balaban J connectivity index is 1.67. The Bertz CT molecular complexity index is 1210. The Kier molecular flexibility index (Phi) is 2.90. The molecule has 1 unspecified atom stereocenters. The summed E-state index contributed by atoms with van der Waals surface area (Å²) in [6, 6.07) is 10.5. The van der Waals surface area contributed by atoms with Crippen LogP contribution >= 0.6 is 0 Å². The molecule has 1 aliphatic heterocycles. The van der Waals surface area contributed by atoms with E-state index in [0.29, 0.717) is 22.3 Å². The Morgan fingerprint density at radius 2 is 1.96 bits per heavy atom. The Hall–Kier alpha value is -3.68. The van der Waals surface area contributed by atoms with Gasteiger partial charge in [0, 0.05) is 11.3 Å². The van der Waals surface area contributed by atoms with Crippen LogP contribution in [0.4, 0.5) is 5.69 Å². The maximum Gasteiger partial charge on any atom is 0.293 e. The van der Waals surface area contributed by atoms with Gasteiger partial charge in [-0.05, 0) is 53.1 Å². The Morgan fingerprint density at radius 1 is 1.12 bits per heavy atom. The molecule has 8 nitrogen and oxygen atoms in total. The molecule has 2 aromatic carbocycles. The first-order valence-corrected chi connectivity index (χ1v) is 8.02. The van der Waals surface area contributed by atoms with E-state index in [0.717, 1.165) is 16.6 Å². The number of carbonyl (C=O) groups is 1. The maximum absolute atomic E-state index is 12.7. The molecular weight excluding hydrogens is 334 g/mol. The van der Waals surface area contributed by atoms with Crippen molar-refractivity contribution in [1.29, 1.82) is 0 Å². The summed E-state index contributed by atoms with van der Waals surface area (Å²) in [7, 11) is 0. The highest BCUT2D eigenvalue weighted by Crippen LogP contribution is 2.41. The van der Waals surface area contributed by atoms with E-state index < -0.39 is 11.9 Å². The fraction of sp³-hybridized carbons (Fsp3) is 0.111. The number of anilines is 1. The normalized spacial score (nSPS) is 17.8. The second-order valence-corrected chi connectivity index (χ2v) is 6.23. The van der Waals surface area contributed by atoms with Crippen LogP contribution in [-0.4, -0.2) is 31.3 Å². The van der Waals surface area contributed by atoms with Gasteiger partial charge in [-0.2, -0.15) is 0 Å². The highest BCUT2D eigenvalue weighted by atomic mass is 16.6. The predicted octanol–water partition coefficient (Wildman–Crippen LogP) is 3.02. The molecule has 2 N–H and O–H groups in total. The van der Waals surface area contributed by atoms with E-state index in [1.165, 1.54) is 0 Å². The molecule has 0 bridgehead atoms. The fourth-order valence-corrected chi connectivity index (χ4v) is 3.43. The largest absolute Gasteiger partial charge is 0.503 e. The lowest BCUT2D eigenvalue weighted by Gasteiger charge is -2.26. The van der Waals surface area contributed by atoms with Crippen molar-refractivity contribution >= 4 is 33.7 Å². The third-order valence-electron chi connectivity index (χ3n) is 4.74. The van der Waals surface area contributed by atoms with Crippen LogP contribution in [0.15, 0.2) is 58.7 Å². The summed E-state index contributed by atoms with van der Waals surface area (Å²) in [5.74, 6) is -0.684. The van der Waals surface area contributed by atoms with Crippen LogP contribution < -0.4 is 4.90 Å². The summed E-state index contributed by atoms with van der Waals surface area (Å²) in [6.07, 6.45) is 1.60. The van der Waals surface area contributed by atoms with Crippen molar-refractivity contribution in [1.82, 2.24) is 20.3 Å². The third-order valence-corrected chi connectivity index (χ3v) is 4.74. The second-order valence-electron chi connectivity index (χ2n) is 6.23. The van der Waals surface area contributed by atoms with Crippen molar-refractivity contribution in [2.24, 2.45) is 0 Å². The monoisotopic (exact) mass is 347 g/mol. The summed E-state index contributed by atoms with van der Waals surface area (Å²) < 4.78 is 4.75. The zero-order chi connectivity index (χ0) is 17.8. The molecule has 0 saturated carbocycles. The zero-order valence-corrected chi connectivity index (χ0v) is 13.7. The molecule has 26 heavy (non-hydrogen) atoms. The number of benzene rings is 2. The number of rotatable bonds is 2. The molecule has 1 amide bonds. The fourth-order valence-electron chi connectivity index (χ4n) is 3.43. The molecule has 2 aromatic heterocycles. The van der Waals surface area contributed by atoms with E-state index in [9.17, 15) is 9.90 Å². The molecule has 3 heterocycles. The first kappa shape index (κ1) is 14.6. The van der Waals surface area contributed by atoms with E-state index in [1.54, 1.807) is 24.2 Å². The highest BCUT2D eigenvalue weighted by Gasteiger charge is 2.39. The number of hydrogen-bond acceptors (Lipinski definition) is 6. The van der Waals surface area contributed by atoms with Crippen LogP contribution in [0.5, 0.6) is 0 Å². The molecule has 4 aromatic rings. The number of H-pyrrole nitrogens is 1. The van der Waals surface area contributed by atoms with E-state index in [2.05, 4.69) is 20.3 Å². The van der Waals surface area contributed by atoms with Gasteiger partial charge in [0.15, 0.2) is 5.76 Å². The zero-order valence-electron chi connectivity index (χ0n) is 13.7. The number of aromatic amines is 1. The number of aromatic nitrogens is 4. The van der Waals surface area contributed by atoms with Crippen molar-refractivity contribution in [3.05, 3.63) is 59.6 Å². The molecule has 128 valence electrons. The molecule has 0 saturated heterocycles. The maximum atomic E-state index is 12.7. The van der Waals surface area contributed by atoms with Crippen LogP contribution in [0, 0.1) is 0 Å². The van der Waals surface area contributed by atoms with Gasteiger partial charge in [-0.25, -0.2) is 9.61 Å². The number of imidazole rings is 1. The van der Waals surface area contributed by atoms with Gasteiger partial charge in [0.05, 0.1) is 23.4 Å². The second kappa shape index (κ2) is 5.16. The molecule has 0 radical (unpaired) electrons. The van der Waals surface area contributed by atoms with Crippen molar-refractivity contribution in [3.63, 3.8) is 0 Å². The van der Waals surface area contributed by atoms with E-state index >= 15 is 0 Å². The van der Waals surface area contributed by atoms with Gasteiger partial charge in [-0.3, -0.25) is 9.69 Å². The van der Waals surface area contributed by atoms with Crippen LogP contribution in [0.1, 0.15) is 18.5 Å². The van der Waals surface area contributed by atoms with Gasteiger partial charge in [-0.15, -0.1) is 0 Å². The lowest BCUT2D eigenvalue weighted by atomic mass is 9.99. The van der Waals surface area contributed by atoms with Gasteiger partial charge in [-0.1, -0.05) is 6.07 Å². The summed E-state index contributed by atoms with van der Waals surface area (Å²) in [4.78, 5) is 21.6. The molecule has 0 spiro atoms. The number of nitrogens with one attached hydrogen (secondary N) is 1. The lowest BCUT2D eigenvalue weighted by Crippen LogP contribution is -2.30. The van der Waals surface area contributed by atoms with E-state index in [1.807, 2.05) is 30.3 Å². The Morgan fingerprint density at radius 3 is 2.85 bits per heavy atom. The average Bonchev–Trinajstić information content (AvgIpc) is 3.35. The minimum Gasteiger partial charge on any atom is -0.503 e. The molecular formula is C18H13N5O3. The number of amides is 1. The van der Waals surface area contributed by atoms with E-state index in [4.69, 9.17) is 4.63 Å². The van der Waals surface area contributed by atoms with Crippen molar-refractivity contribution in [2.45, 2.75) is 13.0 Å². The summed E-state index contributed by atoms with van der Waals surface area (Å²) in [5, 5.41) is 18.0. The van der Waals surface area contributed by atoms with Crippen molar-refractivity contribution in [2.75, 3.05) is 4.90 Å². The average molecular weight is 347 g/mol. The number of carbonyl (C=O) groups excluding carboxylic acids is 1. The summed E-state index contributed by atoms with van der Waals surface area (Å²) in [6.45, 7) is 1.75. The first-order chi connectivity index (χ1) is 12.6. The minimum absolute atomic E-state index is 0.240. The predicted molar refractivity (Wildman–Crippen MR) is 93.5 cm³/mol. The molecule has 0 fully saturated rings.